The molecule has 0 aromatic heterocycles. The van der Waals surface area contributed by atoms with E-state index >= 15 is 0 Å². The molecule has 0 amide bonds. The molecule has 1 aromatic carbocycles. The molecule has 0 unspecified atom stereocenters. The summed E-state index contributed by atoms with van der Waals surface area (Å²) in [6, 6.07) is 8.13. The molecule has 0 spiro atoms. The topological polar surface area (TPSA) is 26.0 Å². The number of thioether (sulfide) groups is 1. The monoisotopic (exact) mass is 311 g/mol. The van der Waals surface area contributed by atoms with Crippen molar-refractivity contribution in [3.63, 3.8) is 0 Å². The van der Waals surface area contributed by atoms with E-state index in [4.69, 9.17) is 17.3 Å². The SMILES string of the molecule is CCCC1(CCC)CC(CN)(Sc2ccccc2Cl)C1. The van der Waals surface area contributed by atoms with E-state index in [2.05, 4.69) is 26.0 Å². The van der Waals surface area contributed by atoms with Crippen molar-refractivity contribution in [2.45, 2.75) is 62.0 Å². The Labute approximate surface area is 132 Å². The third-order valence-electron chi connectivity index (χ3n) is 4.49. The Bertz CT molecular complexity index is 432. The van der Waals surface area contributed by atoms with Crippen LogP contribution in [0.15, 0.2) is 29.2 Å². The molecule has 112 valence electrons. The number of nitrogens with two attached hydrogens (primary N) is 1. The van der Waals surface area contributed by atoms with E-state index in [1.165, 1.54) is 43.4 Å². The molecular weight excluding hydrogens is 286 g/mol. The van der Waals surface area contributed by atoms with Gasteiger partial charge >= 0.3 is 0 Å². The summed E-state index contributed by atoms with van der Waals surface area (Å²) in [6.07, 6.45) is 7.72. The van der Waals surface area contributed by atoms with Gasteiger partial charge in [0.25, 0.3) is 0 Å². The predicted octanol–water partition coefficient (Wildman–Crippen LogP) is 5.51. The van der Waals surface area contributed by atoms with Crippen molar-refractivity contribution in [1.29, 1.82) is 0 Å². The Balaban J connectivity index is 2.08. The van der Waals surface area contributed by atoms with Crippen LogP contribution in [-0.4, -0.2) is 11.3 Å². The van der Waals surface area contributed by atoms with Gasteiger partial charge in [-0.1, -0.05) is 50.4 Å². The first-order valence-corrected chi connectivity index (χ1v) is 8.92. The number of hydrogen-bond acceptors (Lipinski definition) is 2. The molecule has 0 heterocycles. The van der Waals surface area contributed by atoms with Gasteiger partial charge in [-0.05, 0) is 43.2 Å². The van der Waals surface area contributed by atoms with Crippen molar-refractivity contribution >= 4 is 23.4 Å². The lowest BCUT2D eigenvalue weighted by Crippen LogP contribution is -2.53. The highest BCUT2D eigenvalue weighted by molar-refractivity contribution is 8.00. The minimum Gasteiger partial charge on any atom is -0.329 e. The van der Waals surface area contributed by atoms with E-state index in [1.54, 1.807) is 0 Å². The molecule has 1 aromatic rings. The van der Waals surface area contributed by atoms with Gasteiger partial charge in [-0.25, -0.2) is 0 Å². The Morgan fingerprint density at radius 2 is 1.75 bits per heavy atom. The maximum atomic E-state index is 6.30. The zero-order valence-corrected chi connectivity index (χ0v) is 14.2. The summed E-state index contributed by atoms with van der Waals surface area (Å²) in [4.78, 5) is 1.18. The van der Waals surface area contributed by atoms with Crippen LogP contribution in [-0.2, 0) is 0 Å². The van der Waals surface area contributed by atoms with Gasteiger partial charge in [0.05, 0.1) is 5.02 Å². The molecule has 0 radical (unpaired) electrons. The van der Waals surface area contributed by atoms with E-state index in [-0.39, 0.29) is 4.75 Å². The van der Waals surface area contributed by atoms with Crippen LogP contribution >= 0.6 is 23.4 Å². The maximum Gasteiger partial charge on any atom is 0.0542 e. The fourth-order valence-corrected chi connectivity index (χ4v) is 5.74. The summed E-state index contributed by atoms with van der Waals surface area (Å²) < 4.78 is 0.204. The van der Waals surface area contributed by atoms with Crippen LogP contribution < -0.4 is 5.73 Å². The largest absolute Gasteiger partial charge is 0.329 e. The van der Waals surface area contributed by atoms with Gasteiger partial charge in [-0.2, -0.15) is 0 Å². The van der Waals surface area contributed by atoms with Gasteiger partial charge in [0.1, 0.15) is 0 Å². The van der Waals surface area contributed by atoms with Crippen LogP contribution in [0.5, 0.6) is 0 Å². The number of benzene rings is 1. The van der Waals surface area contributed by atoms with Crippen molar-refractivity contribution in [1.82, 2.24) is 0 Å². The molecule has 2 rings (SSSR count). The molecule has 0 atom stereocenters. The van der Waals surface area contributed by atoms with Crippen LogP contribution in [0.25, 0.3) is 0 Å². The van der Waals surface area contributed by atoms with Crippen LogP contribution in [0.3, 0.4) is 0 Å². The van der Waals surface area contributed by atoms with E-state index in [1.807, 2.05) is 23.9 Å². The molecule has 0 saturated heterocycles. The highest BCUT2D eigenvalue weighted by Gasteiger charge is 2.53. The van der Waals surface area contributed by atoms with Crippen molar-refractivity contribution < 1.29 is 0 Å². The summed E-state index contributed by atoms with van der Waals surface area (Å²) in [7, 11) is 0. The molecule has 1 fully saturated rings. The highest BCUT2D eigenvalue weighted by atomic mass is 35.5. The van der Waals surface area contributed by atoms with Crippen LogP contribution in [0, 0.1) is 5.41 Å². The molecule has 1 aliphatic rings. The summed E-state index contributed by atoms with van der Waals surface area (Å²) >= 11 is 8.20. The smallest absolute Gasteiger partial charge is 0.0542 e. The third kappa shape index (κ3) is 3.35. The van der Waals surface area contributed by atoms with E-state index < -0.39 is 0 Å². The fraction of sp³-hybridized carbons (Fsp3) is 0.647. The maximum absolute atomic E-state index is 6.30. The molecule has 1 nitrogen and oxygen atoms in total. The van der Waals surface area contributed by atoms with Crippen molar-refractivity contribution in [3.8, 4) is 0 Å². The van der Waals surface area contributed by atoms with Crippen LogP contribution in [0.4, 0.5) is 0 Å². The molecule has 0 bridgehead atoms. The number of hydrogen-bond donors (Lipinski definition) is 1. The van der Waals surface area contributed by atoms with E-state index in [0.29, 0.717) is 5.41 Å². The Kier molecular flexibility index (Phi) is 5.44. The first kappa shape index (κ1) is 16.2. The van der Waals surface area contributed by atoms with Crippen molar-refractivity contribution in [3.05, 3.63) is 29.3 Å². The minimum atomic E-state index is 0.204. The minimum absolute atomic E-state index is 0.204. The van der Waals surface area contributed by atoms with Crippen LogP contribution in [0.1, 0.15) is 52.4 Å². The van der Waals surface area contributed by atoms with Gasteiger partial charge in [-0.15, -0.1) is 11.8 Å². The lowest BCUT2D eigenvalue weighted by molar-refractivity contribution is 0.0614. The number of rotatable bonds is 7. The highest BCUT2D eigenvalue weighted by Crippen LogP contribution is 2.61. The third-order valence-corrected chi connectivity index (χ3v) is 6.40. The lowest BCUT2D eigenvalue weighted by atomic mass is 9.57. The molecule has 3 heteroatoms. The lowest BCUT2D eigenvalue weighted by Gasteiger charge is -2.56. The average molecular weight is 312 g/mol. The standard InChI is InChI=1S/C17H26ClNS/c1-3-9-16(10-4-2)11-17(12-16,13-19)20-15-8-6-5-7-14(15)18/h5-8H,3-4,9-13,19H2,1-2H3. The second kappa shape index (κ2) is 6.72. The summed E-state index contributed by atoms with van der Waals surface area (Å²) in [5.41, 5.74) is 6.66. The van der Waals surface area contributed by atoms with Crippen molar-refractivity contribution in [2.75, 3.05) is 6.54 Å². The molecule has 1 aliphatic carbocycles. The molecule has 20 heavy (non-hydrogen) atoms. The van der Waals surface area contributed by atoms with Gasteiger partial charge in [0.15, 0.2) is 0 Å². The average Bonchev–Trinajstić information content (AvgIpc) is 2.39. The summed E-state index contributed by atoms with van der Waals surface area (Å²) in [5, 5.41) is 0.855. The molecule has 0 aliphatic heterocycles. The predicted molar refractivity (Wildman–Crippen MR) is 90.6 cm³/mol. The quantitative estimate of drug-likeness (QED) is 0.718. The molecular formula is C17H26ClNS. The van der Waals surface area contributed by atoms with Gasteiger partial charge in [0.2, 0.25) is 0 Å². The Morgan fingerprint density at radius 1 is 1.15 bits per heavy atom. The second-order valence-corrected chi connectivity index (χ2v) is 8.19. The first-order valence-electron chi connectivity index (χ1n) is 7.72. The fourth-order valence-electron chi connectivity index (χ4n) is 3.87. The zero-order valence-electron chi connectivity index (χ0n) is 12.6. The van der Waals surface area contributed by atoms with Gasteiger partial charge in [0, 0.05) is 16.2 Å². The summed E-state index contributed by atoms with van der Waals surface area (Å²) in [6.45, 7) is 5.33. The normalized spacial score (nSPS) is 19.6. The zero-order chi connectivity index (χ0) is 14.6. The van der Waals surface area contributed by atoms with Crippen molar-refractivity contribution in [2.24, 2.45) is 11.1 Å². The summed E-state index contributed by atoms with van der Waals surface area (Å²) in [5.74, 6) is 0. The van der Waals surface area contributed by atoms with E-state index in [0.717, 1.165) is 11.6 Å². The second-order valence-electron chi connectivity index (χ2n) is 6.27. The molecule has 2 N–H and O–H groups in total. The first-order chi connectivity index (χ1) is 9.59. The van der Waals surface area contributed by atoms with E-state index in [9.17, 15) is 0 Å². The van der Waals surface area contributed by atoms with Crippen LogP contribution in [0.2, 0.25) is 5.02 Å². The molecule has 1 saturated carbocycles. The van der Waals surface area contributed by atoms with Gasteiger partial charge < -0.3 is 5.73 Å². The Hall–Kier alpha value is -0.180. The van der Waals surface area contributed by atoms with Gasteiger partial charge in [-0.3, -0.25) is 0 Å². The Morgan fingerprint density at radius 3 is 2.25 bits per heavy atom. The number of halogens is 1.